The summed E-state index contributed by atoms with van der Waals surface area (Å²) < 4.78 is 0. The minimum Gasteiger partial charge on any atom is -0.274 e. The van der Waals surface area contributed by atoms with Gasteiger partial charge in [0.05, 0.1) is 11.1 Å². The van der Waals surface area contributed by atoms with Crippen molar-refractivity contribution in [2.45, 2.75) is 57.2 Å². The molecule has 0 heterocycles. The third kappa shape index (κ3) is 4.16. The summed E-state index contributed by atoms with van der Waals surface area (Å²) in [7, 11) is 0. The first kappa shape index (κ1) is 13.7. The number of rotatable bonds is 3. The van der Waals surface area contributed by atoms with Crippen LogP contribution in [0, 0.1) is 0 Å². The van der Waals surface area contributed by atoms with Crippen LogP contribution in [-0.4, -0.2) is 16.3 Å². The Morgan fingerprint density at radius 2 is 1.78 bits per heavy atom. The maximum Gasteiger partial charge on any atom is 0.0982 e. The Bertz CT molecular complexity index is 377. The lowest BCUT2D eigenvalue weighted by atomic mass is 9.96. The van der Waals surface area contributed by atoms with Crippen molar-refractivity contribution in [2.75, 3.05) is 0 Å². The van der Waals surface area contributed by atoms with Crippen LogP contribution in [0.2, 0.25) is 0 Å². The van der Waals surface area contributed by atoms with Gasteiger partial charge in [-0.15, -0.1) is 11.8 Å². The van der Waals surface area contributed by atoms with Gasteiger partial charge in [0.15, 0.2) is 0 Å². The van der Waals surface area contributed by atoms with E-state index in [9.17, 15) is 0 Å². The second-order valence-electron chi connectivity index (χ2n) is 5.26. The maximum atomic E-state index is 5.03. The molecule has 0 unspecified atom stereocenters. The summed E-state index contributed by atoms with van der Waals surface area (Å²) in [6, 6.07) is 11.2. The zero-order valence-electron chi connectivity index (χ0n) is 11.4. The Hall–Kier alpha value is -0.760. The van der Waals surface area contributed by atoms with E-state index in [1.165, 1.54) is 42.7 Å². The first-order valence-electron chi connectivity index (χ1n) is 7.05. The van der Waals surface area contributed by atoms with Gasteiger partial charge in [-0.3, -0.25) is 4.99 Å². The van der Waals surface area contributed by atoms with Crippen LogP contribution in [0.4, 0.5) is 0 Å². The molecule has 1 aliphatic carbocycles. The van der Waals surface area contributed by atoms with E-state index < -0.39 is 0 Å². The van der Waals surface area contributed by atoms with Crippen molar-refractivity contribution >= 4 is 16.8 Å². The molecule has 1 aliphatic rings. The van der Waals surface area contributed by atoms with E-state index >= 15 is 0 Å². The second-order valence-corrected chi connectivity index (χ2v) is 6.82. The Kier molecular flexibility index (Phi) is 5.30. The molecule has 0 aromatic heterocycles. The number of nitrogens with zero attached hydrogens (tertiary/aromatic N) is 1. The van der Waals surface area contributed by atoms with E-state index in [1.807, 2.05) is 11.8 Å². The predicted octanol–water partition coefficient (Wildman–Crippen LogP) is 4.91. The lowest BCUT2D eigenvalue weighted by Crippen LogP contribution is -2.13. The highest BCUT2D eigenvalue weighted by Crippen LogP contribution is 2.25. The molecule has 98 valence electrons. The predicted molar refractivity (Wildman–Crippen MR) is 82.6 cm³/mol. The van der Waals surface area contributed by atoms with Gasteiger partial charge in [-0.1, -0.05) is 63.4 Å². The lowest BCUT2D eigenvalue weighted by molar-refractivity contribution is 0.444. The highest BCUT2D eigenvalue weighted by molar-refractivity contribution is 8.14. The number of hydrogen-bond acceptors (Lipinski definition) is 2. The zero-order chi connectivity index (χ0) is 12.8. The molecule has 1 aromatic rings. The fourth-order valence-corrected chi connectivity index (χ4v) is 3.28. The number of aliphatic imine (C=N–C) groups is 1. The van der Waals surface area contributed by atoms with E-state index in [2.05, 4.69) is 44.2 Å². The van der Waals surface area contributed by atoms with Crippen LogP contribution in [0.3, 0.4) is 0 Å². The van der Waals surface area contributed by atoms with Crippen LogP contribution in [0.25, 0.3) is 0 Å². The summed E-state index contributed by atoms with van der Waals surface area (Å²) in [5.41, 5.74) is 1.28. The quantitative estimate of drug-likeness (QED) is 0.556. The minimum atomic E-state index is 0.556. The molecule has 0 spiro atoms. The normalized spacial score (nSPS) is 18.3. The molecule has 18 heavy (non-hydrogen) atoms. The SMILES string of the molecule is CC(C)SC(=NC1CCCCC1)c1ccccc1. The van der Waals surface area contributed by atoms with Crippen LogP contribution in [0.15, 0.2) is 35.3 Å². The standard InChI is InChI=1S/C16H23NS/c1-13(2)18-16(14-9-5-3-6-10-14)17-15-11-7-4-8-12-15/h3,5-6,9-10,13,15H,4,7-8,11-12H2,1-2H3. The lowest BCUT2D eigenvalue weighted by Gasteiger charge is -2.20. The van der Waals surface area contributed by atoms with Gasteiger partial charge in [-0.25, -0.2) is 0 Å². The molecular weight excluding hydrogens is 238 g/mol. The van der Waals surface area contributed by atoms with E-state index in [1.54, 1.807) is 0 Å². The molecule has 2 rings (SSSR count). The molecule has 1 aromatic carbocycles. The molecule has 0 saturated heterocycles. The molecule has 0 radical (unpaired) electrons. The van der Waals surface area contributed by atoms with Crippen LogP contribution >= 0.6 is 11.8 Å². The van der Waals surface area contributed by atoms with Gasteiger partial charge >= 0.3 is 0 Å². The van der Waals surface area contributed by atoms with Gasteiger partial charge < -0.3 is 0 Å². The molecule has 1 fully saturated rings. The Labute approximate surface area is 115 Å². The number of thioether (sulfide) groups is 1. The van der Waals surface area contributed by atoms with Crippen LogP contribution < -0.4 is 0 Å². The summed E-state index contributed by atoms with van der Waals surface area (Å²) in [5.74, 6) is 0. The van der Waals surface area contributed by atoms with Crippen molar-refractivity contribution < 1.29 is 0 Å². The summed E-state index contributed by atoms with van der Waals surface area (Å²) in [4.78, 5) is 5.03. The maximum absolute atomic E-state index is 5.03. The van der Waals surface area contributed by atoms with Crippen molar-refractivity contribution in [3.8, 4) is 0 Å². The zero-order valence-corrected chi connectivity index (χ0v) is 12.2. The summed E-state index contributed by atoms with van der Waals surface area (Å²) in [6.07, 6.45) is 6.64. The highest BCUT2D eigenvalue weighted by atomic mass is 32.2. The van der Waals surface area contributed by atoms with E-state index in [-0.39, 0.29) is 0 Å². The molecule has 2 heteroatoms. The van der Waals surface area contributed by atoms with Gasteiger partial charge in [0, 0.05) is 10.8 Å². The molecule has 0 N–H and O–H groups in total. The second kappa shape index (κ2) is 6.98. The average Bonchev–Trinajstić information content (AvgIpc) is 2.40. The van der Waals surface area contributed by atoms with Crippen molar-refractivity contribution in [3.63, 3.8) is 0 Å². The van der Waals surface area contributed by atoms with Crippen LogP contribution in [-0.2, 0) is 0 Å². The fourth-order valence-electron chi connectivity index (χ4n) is 2.35. The fraction of sp³-hybridized carbons (Fsp3) is 0.562. The van der Waals surface area contributed by atoms with Gasteiger partial charge in [0.1, 0.15) is 0 Å². The highest BCUT2D eigenvalue weighted by Gasteiger charge is 2.15. The van der Waals surface area contributed by atoms with Crippen molar-refractivity contribution in [1.29, 1.82) is 0 Å². The first-order chi connectivity index (χ1) is 8.75. The molecule has 0 aliphatic heterocycles. The Morgan fingerprint density at radius 1 is 1.11 bits per heavy atom. The van der Waals surface area contributed by atoms with Gasteiger partial charge in [0.2, 0.25) is 0 Å². The van der Waals surface area contributed by atoms with Crippen LogP contribution in [0.5, 0.6) is 0 Å². The Morgan fingerprint density at radius 3 is 2.39 bits per heavy atom. The summed E-state index contributed by atoms with van der Waals surface area (Å²) >= 11 is 1.90. The van der Waals surface area contributed by atoms with Crippen LogP contribution in [0.1, 0.15) is 51.5 Å². The van der Waals surface area contributed by atoms with E-state index in [0.717, 1.165) is 0 Å². The smallest absolute Gasteiger partial charge is 0.0982 e. The molecule has 1 saturated carbocycles. The van der Waals surface area contributed by atoms with E-state index in [0.29, 0.717) is 11.3 Å². The summed E-state index contributed by atoms with van der Waals surface area (Å²) in [5, 5.41) is 1.82. The molecule has 0 amide bonds. The molecular formula is C16H23NS. The largest absolute Gasteiger partial charge is 0.274 e. The monoisotopic (exact) mass is 261 g/mol. The first-order valence-corrected chi connectivity index (χ1v) is 7.93. The van der Waals surface area contributed by atoms with E-state index in [4.69, 9.17) is 4.99 Å². The molecule has 0 bridgehead atoms. The van der Waals surface area contributed by atoms with Crippen molar-refractivity contribution in [2.24, 2.45) is 4.99 Å². The van der Waals surface area contributed by atoms with Crippen molar-refractivity contribution in [3.05, 3.63) is 35.9 Å². The average molecular weight is 261 g/mol. The van der Waals surface area contributed by atoms with Gasteiger partial charge in [-0.05, 0) is 12.8 Å². The third-order valence-electron chi connectivity index (χ3n) is 3.24. The molecule has 0 atom stereocenters. The Balaban J connectivity index is 2.16. The third-order valence-corrected chi connectivity index (χ3v) is 4.28. The van der Waals surface area contributed by atoms with Gasteiger partial charge in [-0.2, -0.15) is 0 Å². The minimum absolute atomic E-state index is 0.556. The van der Waals surface area contributed by atoms with Crippen molar-refractivity contribution in [1.82, 2.24) is 0 Å². The van der Waals surface area contributed by atoms with Gasteiger partial charge in [0.25, 0.3) is 0 Å². The number of hydrogen-bond donors (Lipinski definition) is 0. The molecule has 1 nitrogen and oxygen atoms in total. The topological polar surface area (TPSA) is 12.4 Å². The summed E-state index contributed by atoms with van der Waals surface area (Å²) in [6.45, 7) is 4.48. The number of benzene rings is 1.